The van der Waals surface area contributed by atoms with Crippen LogP contribution in [0.4, 0.5) is 0 Å². The van der Waals surface area contributed by atoms with Gasteiger partial charge in [0.05, 0.1) is 23.4 Å². The van der Waals surface area contributed by atoms with Crippen molar-refractivity contribution < 1.29 is 14.6 Å². The third-order valence-corrected chi connectivity index (χ3v) is 6.50. The average molecular weight is 471 g/mol. The number of carbonyl (C=O) groups excluding carboxylic acids is 1. The number of pyridine rings is 1. The quantitative estimate of drug-likeness (QED) is 0.320. The minimum absolute atomic E-state index is 0.0800. The van der Waals surface area contributed by atoms with Crippen molar-refractivity contribution in [3.63, 3.8) is 0 Å². The second kappa shape index (κ2) is 9.70. The van der Waals surface area contributed by atoms with Gasteiger partial charge in [-0.1, -0.05) is 29.8 Å². The number of carbonyl (C=O) groups is 1. The van der Waals surface area contributed by atoms with Gasteiger partial charge in [-0.05, 0) is 30.7 Å². The number of nitrogens with zero attached hydrogens (tertiary/aromatic N) is 2. The molecule has 166 valence electrons. The zero-order valence-corrected chi connectivity index (χ0v) is 19.0. The molecular formula is C23H23ClN4O3S. The molecule has 4 N–H and O–H groups in total. The van der Waals surface area contributed by atoms with Gasteiger partial charge < -0.3 is 20.9 Å². The van der Waals surface area contributed by atoms with Gasteiger partial charge in [-0.2, -0.15) is 0 Å². The molecule has 0 aliphatic rings. The number of aliphatic hydroxyl groups is 1. The number of ether oxygens (including phenoxy) is 1. The first-order valence-corrected chi connectivity index (χ1v) is 11.3. The summed E-state index contributed by atoms with van der Waals surface area (Å²) in [4.78, 5) is 17.7. The number of benzene rings is 1. The van der Waals surface area contributed by atoms with Crippen LogP contribution in [0.5, 0.6) is 5.75 Å². The summed E-state index contributed by atoms with van der Waals surface area (Å²) >= 11 is 7.77. The van der Waals surface area contributed by atoms with Crippen molar-refractivity contribution in [3.8, 4) is 16.3 Å². The molecule has 0 bridgehead atoms. The highest BCUT2D eigenvalue weighted by molar-refractivity contribution is 7.17. The van der Waals surface area contributed by atoms with Crippen LogP contribution < -0.4 is 15.8 Å². The van der Waals surface area contributed by atoms with Crippen molar-refractivity contribution in [2.24, 2.45) is 5.73 Å². The smallest absolute Gasteiger partial charge is 0.262 e. The molecule has 0 aliphatic carbocycles. The zero-order chi connectivity index (χ0) is 22.7. The Bertz CT molecular complexity index is 1250. The summed E-state index contributed by atoms with van der Waals surface area (Å²) < 4.78 is 8.10. The Balaban J connectivity index is 1.59. The summed E-state index contributed by atoms with van der Waals surface area (Å²) in [6, 6.07) is 13.3. The largest absolute Gasteiger partial charge is 0.484 e. The number of primary amides is 1. The van der Waals surface area contributed by atoms with E-state index in [1.54, 1.807) is 6.20 Å². The van der Waals surface area contributed by atoms with E-state index >= 15 is 0 Å². The van der Waals surface area contributed by atoms with Gasteiger partial charge in [0, 0.05) is 35.9 Å². The van der Waals surface area contributed by atoms with Crippen LogP contribution in [0.3, 0.4) is 0 Å². The van der Waals surface area contributed by atoms with E-state index in [1.807, 2.05) is 60.0 Å². The predicted octanol–water partition coefficient (Wildman–Crippen LogP) is 4.04. The molecule has 0 unspecified atom stereocenters. The van der Waals surface area contributed by atoms with E-state index < -0.39 is 12.0 Å². The van der Waals surface area contributed by atoms with Gasteiger partial charge in [0.2, 0.25) is 0 Å². The number of rotatable bonds is 9. The number of amides is 1. The number of fused-ring (bicyclic) bond motifs is 1. The molecular weight excluding hydrogens is 448 g/mol. The maximum absolute atomic E-state index is 12.1. The van der Waals surface area contributed by atoms with Crippen LogP contribution in [0.25, 0.3) is 16.2 Å². The lowest BCUT2D eigenvalue weighted by molar-refractivity contribution is 0.0998. The normalized spacial score (nSPS) is 12.2. The summed E-state index contributed by atoms with van der Waals surface area (Å²) in [6.07, 6.45) is 3.28. The predicted molar refractivity (Wildman–Crippen MR) is 126 cm³/mol. The van der Waals surface area contributed by atoms with Gasteiger partial charge in [0.15, 0.2) is 0 Å². The molecule has 1 amide bonds. The van der Waals surface area contributed by atoms with E-state index in [2.05, 4.69) is 10.3 Å². The molecule has 3 aromatic heterocycles. The lowest BCUT2D eigenvalue weighted by Gasteiger charge is -2.17. The van der Waals surface area contributed by atoms with Gasteiger partial charge in [-0.15, -0.1) is 11.3 Å². The van der Waals surface area contributed by atoms with Crippen LogP contribution in [-0.4, -0.2) is 33.6 Å². The summed E-state index contributed by atoms with van der Waals surface area (Å²) in [7, 11) is 0. The Kier molecular flexibility index (Phi) is 6.76. The third-order valence-electron chi connectivity index (χ3n) is 5.02. The summed E-state index contributed by atoms with van der Waals surface area (Å²) in [5.74, 6) is -0.130. The highest BCUT2D eigenvalue weighted by atomic mass is 35.5. The Morgan fingerprint density at radius 1 is 1.34 bits per heavy atom. The molecule has 0 fully saturated rings. The van der Waals surface area contributed by atoms with Crippen molar-refractivity contribution in [2.75, 3.05) is 13.2 Å². The van der Waals surface area contributed by atoms with Crippen molar-refractivity contribution in [1.82, 2.24) is 14.7 Å². The molecule has 0 aliphatic heterocycles. The molecule has 3 heterocycles. The fraction of sp³-hybridized carbons (Fsp3) is 0.217. The standard InChI is InChI=1S/C23H23ClN4O3S/c1-14(16-6-5-15(10-17(16)24)12-26-7-9-29)31-19-11-20(32-22(19)23(25)30)18-13-27-21-4-2-3-8-28(18)21/h2-6,8,10-11,13-14,26,29H,7,9,12H2,1H3,(H2,25,30)/t14-/m1/s1. The number of nitrogens with one attached hydrogen (secondary N) is 1. The Morgan fingerprint density at radius 2 is 2.19 bits per heavy atom. The number of nitrogens with two attached hydrogens (primary N) is 1. The maximum atomic E-state index is 12.1. The number of thiophene rings is 1. The van der Waals surface area contributed by atoms with Crippen molar-refractivity contribution >= 4 is 34.5 Å². The van der Waals surface area contributed by atoms with E-state index in [0.717, 1.165) is 27.3 Å². The van der Waals surface area contributed by atoms with E-state index in [-0.39, 0.29) is 6.61 Å². The van der Waals surface area contributed by atoms with Crippen LogP contribution in [-0.2, 0) is 6.54 Å². The molecule has 0 saturated heterocycles. The fourth-order valence-corrected chi connectivity index (χ4v) is 4.76. The number of halogens is 1. The van der Waals surface area contributed by atoms with Crippen molar-refractivity contribution in [3.05, 3.63) is 75.9 Å². The summed E-state index contributed by atoms with van der Waals surface area (Å²) in [5.41, 5.74) is 9.11. The lowest BCUT2D eigenvalue weighted by atomic mass is 10.1. The minimum Gasteiger partial charge on any atom is -0.484 e. The SMILES string of the molecule is C[C@@H](Oc1cc(-c2cnc3ccccn23)sc1C(N)=O)c1ccc(CNCCO)cc1Cl. The number of aliphatic hydroxyl groups excluding tert-OH is 1. The fourth-order valence-electron chi connectivity index (χ4n) is 3.45. The molecule has 32 heavy (non-hydrogen) atoms. The average Bonchev–Trinajstić information content (AvgIpc) is 3.38. The van der Waals surface area contributed by atoms with Crippen LogP contribution in [0, 0.1) is 0 Å². The highest BCUT2D eigenvalue weighted by Gasteiger charge is 2.21. The Labute approximate surface area is 194 Å². The lowest BCUT2D eigenvalue weighted by Crippen LogP contribution is -2.17. The Morgan fingerprint density at radius 3 is 2.94 bits per heavy atom. The van der Waals surface area contributed by atoms with Gasteiger partial charge in [-0.25, -0.2) is 4.98 Å². The molecule has 1 aromatic carbocycles. The van der Waals surface area contributed by atoms with Crippen molar-refractivity contribution in [1.29, 1.82) is 0 Å². The number of aromatic nitrogens is 2. The van der Waals surface area contributed by atoms with E-state index in [9.17, 15) is 4.79 Å². The number of imidazole rings is 1. The van der Waals surface area contributed by atoms with Crippen molar-refractivity contribution in [2.45, 2.75) is 19.6 Å². The summed E-state index contributed by atoms with van der Waals surface area (Å²) in [6.45, 7) is 3.08. The topological polar surface area (TPSA) is 102 Å². The zero-order valence-electron chi connectivity index (χ0n) is 17.4. The number of hydrogen-bond acceptors (Lipinski definition) is 6. The molecule has 0 radical (unpaired) electrons. The maximum Gasteiger partial charge on any atom is 0.262 e. The van der Waals surface area contributed by atoms with Crippen LogP contribution in [0.15, 0.2) is 54.9 Å². The van der Waals surface area contributed by atoms with Gasteiger partial charge in [-0.3, -0.25) is 9.20 Å². The second-order valence-electron chi connectivity index (χ2n) is 7.26. The first-order chi connectivity index (χ1) is 15.5. The van der Waals surface area contributed by atoms with E-state index in [0.29, 0.717) is 28.7 Å². The molecule has 0 saturated carbocycles. The first kappa shape index (κ1) is 22.3. The monoisotopic (exact) mass is 470 g/mol. The molecule has 4 rings (SSSR count). The molecule has 4 aromatic rings. The summed E-state index contributed by atoms with van der Waals surface area (Å²) in [5, 5.41) is 12.6. The molecule has 9 heteroatoms. The van der Waals surface area contributed by atoms with E-state index in [4.69, 9.17) is 27.2 Å². The third kappa shape index (κ3) is 4.63. The van der Waals surface area contributed by atoms with Gasteiger partial charge >= 0.3 is 0 Å². The first-order valence-electron chi connectivity index (χ1n) is 10.1. The molecule has 7 nitrogen and oxygen atoms in total. The van der Waals surface area contributed by atoms with Crippen LogP contribution >= 0.6 is 22.9 Å². The van der Waals surface area contributed by atoms with Crippen LogP contribution in [0.1, 0.15) is 33.8 Å². The molecule has 0 spiro atoms. The van der Waals surface area contributed by atoms with Gasteiger partial charge in [0.25, 0.3) is 5.91 Å². The second-order valence-corrected chi connectivity index (χ2v) is 8.72. The van der Waals surface area contributed by atoms with E-state index in [1.165, 1.54) is 11.3 Å². The molecule has 1 atom stereocenters. The number of hydrogen-bond donors (Lipinski definition) is 3. The van der Waals surface area contributed by atoms with Gasteiger partial charge in [0.1, 0.15) is 22.4 Å². The Hall–Kier alpha value is -2.91. The minimum atomic E-state index is -0.548. The highest BCUT2D eigenvalue weighted by Crippen LogP contribution is 2.39. The van der Waals surface area contributed by atoms with Crippen LogP contribution in [0.2, 0.25) is 5.02 Å².